The second kappa shape index (κ2) is 10.7. The minimum atomic E-state index is -1.40. The van der Waals surface area contributed by atoms with Crippen molar-refractivity contribution in [3.8, 4) is 5.88 Å². The quantitative estimate of drug-likeness (QED) is 0.475. The molecule has 1 fully saturated rings. The summed E-state index contributed by atoms with van der Waals surface area (Å²) in [5, 5.41) is 14.4. The molecule has 1 aliphatic rings. The molecule has 0 aliphatic carbocycles. The van der Waals surface area contributed by atoms with E-state index >= 15 is 0 Å². The largest absolute Gasteiger partial charge is 0.477 e. The number of likely N-dealkylation sites (tertiary alicyclic amines) is 1. The van der Waals surface area contributed by atoms with Gasteiger partial charge in [-0.15, -0.1) is 0 Å². The number of aromatic nitrogens is 1. The van der Waals surface area contributed by atoms with Gasteiger partial charge in [0, 0.05) is 11.6 Å². The zero-order valence-corrected chi connectivity index (χ0v) is 18.0. The van der Waals surface area contributed by atoms with Gasteiger partial charge in [-0.1, -0.05) is 11.6 Å². The highest BCUT2D eigenvalue weighted by molar-refractivity contribution is 7.11. The number of nitrogens with one attached hydrogen (secondary N) is 2. The van der Waals surface area contributed by atoms with Crippen molar-refractivity contribution < 1.29 is 28.2 Å². The molecule has 2 heterocycles. The van der Waals surface area contributed by atoms with Crippen molar-refractivity contribution in [2.75, 3.05) is 31.5 Å². The molecule has 0 spiro atoms. The van der Waals surface area contributed by atoms with E-state index in [0.29, 0.717) is 18.1 Å². The highest BCUT2D eigenvalue weighted by atomic mass is 35.5. The number of ether oxygens (including phenoxy) is 1. The molecule has 0 saturated carbocycles. The lowest BCUT2D eigenvalue weighted by molar-refractivity contribution is 0.0693. The van der Waals surface area contributed by atoms with Gasteiger partial charge in [0.25, 0.3) is 0 Å². The van der Waals surface area contributed by atoms with Gasteiger partial charge in [-0.2, -0.15) is 4.37 Å². The van der Waals surface area contributed by atoms with Gasteiger partial charge in [-0.25, -0.2) is 18.4 Å². The predicted molar refractivity (Wildman–Crippen MR) is 112 cm³/mol. The number of urea groups is 1. The number of nitrogens with zero attached hydrogens (tertiary/aromatic N) is 2. The summed E-state index contributed by atoms with van der Waals surface area (Å²) in [6.45, 7) is 2.86. The molecule has 0 unspecified atom stereocenters. The van der Waals surface area contributed by atoms with Crippen LogP contribution in [0.3, 0.4) is 0 Å². The van der Waals surface area contributed by atoms with Crippen molar-refractivity contribution >= 4 is 40.1 Å². The Morgan fingerprint density at radius 3 is 2.58 bits per heavy atom. The van der Waals surface area contributed by atoms with Crippen LogP contribution in [0.5, 0.6) is 5.88 Å². The Kier molecular flexibility index (Phi) is 7.99. The average molecular weight is 475 g/mol. The third-order valence-electron chi connectivity index (χ3n) is 4.70. The molecule has 1 saturated heterocycles. The Morgan fingerprint density at radius 1 is 1.26 bits per heavy atom. The fourth-order valence-corrected chi connectivity index (χ4v) is 4.07. The summed E-state index contributed by atoms with van der Waals surface area (Å²) < 4.78 is 36.9. The van der Waals surface area contributed by atoms with E-state index in [1.54, 1.807) is 0 Å². The number of anilines is 1. The number of carboxylic acid groups (broad SMARTS) is 1. The first-order valence-corrected chi connectivity index (χ1v) is 10.8. The minimum Gasteiger partial charge on any atom is -0.477 e. The number of carboxylic acids is 1. The topological polar surface area (TPSA) is 104 Å². The van der Waals surface area contributed by atoms with Crippen molar-refractivity contribution in [1.82, 2.24) is 14.6 Å². The number of carbonyl (C=O) groups excluding carboxylic acids is 1. The number of hydrogen-bond donors (Lipinski definition) is 3. The minimum absolute atomic E-state index is 0.0448. The van der Waals surface area contributed by atoms with Crippen LogP contribution in [0.2, 0.25) is 5.02 Å². The van der Waals surface area contributed by atoms with Crippen molar-refractivity contribution in [2.45, 2.75) is 25.9 Å². The molecular formula is C19H21ClF2N4O4S. The number of benzene rings is 1. The first-order chi connectivity index (χ1) is 14.8. The van der Waals surface area contributed by atoms with E-state index in [4.69, 9.17) is 16.3 Å². The second-order valence-electron chi connectivity index (χ2n) is 6.92. The highest BCUT2D eigenvalue weighted by Gasteiger charge is 2.24. The predicted octanol–water partition coefficient (Wildman–Crippen LogP) is 3.96. The number of hydrogen-bond acceptors (Lipinski definition) is 6. The van der Waals surface area contributed by atoms with Crippen molar-refractivity contribution in [2.24, 2.45) is 0 Å². The summed E-state index contributed by atoms with van der Waals surface area (Å²) >= 11 is 6.27. The molecule has 168 valence electrons. The smallest absolute Gasteiger partial charge is 0.344 e. The molecule has 8 nitrogen and oxygen atoms in total. The summed E-state index contributed by atoms with van der Waals surface area (Å²) in [5.41, 5.74) is -0.814. The highest BCUT2D eigenvalue weighted by Crippen LogP contribution is 2.31. The number of halogens is 3. The summed E-state index contributed by atoms with van der Waals surface area (Å²) in [6.07, 6.45) is 3.16. The van der Waals surface area contributed by atoms with Gasteiger partial charge in [-0.3, -0.25) is 5.32 Å². The Balaban J connectivity index is 1.57. The van der Waals surface area contributed by atoms with Gasteiger partial charge in [0.15, 0.2) is 5.56 Å². The summed E-state index contributed by atoms with van der Waals surface area (Å²) in [6, 6.07) is 1.27. The van der Waals surface area contributed by atoms with Gasteiger partial charge in [0.05, 0.1) is 5.56 Å². The van der Waals surface area contributed by atoms with Gasteiger partial charge < -0.3 is 20.1 Å². The normalized spacial score (nSPS) is 13.9. The summed E-state index contributed by atoms with van der Waals surface area (Å²) in [7, 11) is 0. The molecule has 0 bridgehead atoms. The van der Waals surface area contributed by atoms with E-state index in [1.165, 1.54) is 12.8 Å². The molecule has 1 aliphatic heterocycles. The molecule has 1 aromatic carbocycles. The van der Waals surface area contributed by atoms with Gasteiger partial charge in [0.2, 0.25) is 5.88 Å². The van der Waals surface area contributed by atoms with Crippen LogP contribution in [-0.4, -0.2) is 52.6 Å². The Morgan fingerprint density at radius 2 is 1.94 bits per heavy atom. The van der Waals surface area contributed by atoms with Crippen LogP contribution < -0.4 is 15.4 Å². The molecule has 0 radical (unpaired) electrons. The first-order valence-electron chi connectivity index (χ1n) is 9.61. The second-order valence-corrected chi connectivity index (χ2v) is 8.13. The van der Waals surface area contributed by atoms with Crippen LogP contribution in [0.15, 0.2) is 12.1 Å². The molecular weight excluding hydrogens is 454 g/mol. The van der Waals surface area contributed by atoms with Crippen LogP contribution in [-0.2, 0) is 6.61 Å². The zero-order valence-electron chi connectivity index (χ0n) is 16.4. The third-order valence-corrected chi connectivity index (χ3v) is 5.66. The van der Waals surface area contributed by atoms with Crippen molar-refractivity contribution in [1.29, 1.82) is 0 Å². The maximum absolute atomic E-state index is 13.9. The van der Waals surface area contributed by atoms with Crippen LogP contribution >= 0.6 is 23.1 Å². The molecule has 12 heteroatoms. The van der Waals surface area contributed by atoms with Crippen molar-refractivity contribution in [3.63, 3.8) is 0 Å². The fourth-order valence-electron chi connectivity index (χ4n) is 3.16. The van der Waals surface area contributed by atoms with Crippen LogP contribution in [0.4, 0.5) is 18.6 Å². The molecule has 2 amide bonds. The van der Waals surface area contributed by atoms with E-state index in [0.717, 1.165) is 38.2 Å². The van der Waals surface area contributed by atoms with E-state index in [-0.39, 0.29) is 15.9 Å². The lowest BCUT2D eigenvalue weighted by Gasteiger charge is -2.14. The van der Waals surface area contributed by atoms with Gasteiger partial charge in [-0.05, 0) is 62.6 Å². The average Bonchev–Trinajstić information content (AvgIpc) is 3.34. The summed E-state index contributed by atoms with van der Waals surface area (Å²) in [5.74, 6) is -3.60. The molecule has 3 rings (SSSR count). The molecule has 31 heavy (non-hydrogen) atoms. The summed E-state index contributed by atoms with van der Waals surface area (Å²) in [4.78, 5) is 26.0. The third kappa shape index (κ3) is 6.25. The van der Waals surface area contributed by atoms with E-state index in [1.807, 2.05) is 0 Å². The molecule has 2 aromatic rings. The SMILES string of the molecule is O=C(NCCCN1CCCC1)Nc1snc(OCc2c(F)cc(Cl)cc2F)c1C(=O)O. The lowest BCUT2D eigenvalue weighted by Crippen LogP contribution is -2.32. The fraction of sp³-hybridized carbons (Fsp3) is 0.421. The maximum atomic E-state index is 13.9. The van der Waals surface area contributed by atoms with E-state index < -0.39 is 41.4 Å². The van der Waals surface area contributed by atoms with Gasteiger partial charge in [0.1, 0.15) is 23.2 Å². The first kappa shape index (κ1) is 23.2. The monoisotopic (exact) mass is 474 g/mol. The lowest BCUT2D eigenvalue weighted by atomic mass is 10.2. The van der Waals surface area contributed by atoms with E-state index in [9.17, 15) is 23.5 Å². The Bertz CT molecular complexity index is 930. The number of carbonyl (C=O) groups is 2. The number of amides is 2. The van der Waals surface area contributed by atoms with Gasteiger partial charge >= 0.3 is 12.0 Å². The van der Waals surface area contributed by atoms with E-state index in [2.05, 4.69) is 19.9 Å². The van der Waals surface area contributed by atoms with Crippen LogP contribution in [0.25, 0.3) is 0 Å². The number of rotatable bonds is 9. The van der Waals surface area contributed by atoms with Crippen molar-refractivity contribution in [3.05, 3.63) is 39.9 Å². The molecule has 0 atom stereocenters. The molecule has 3 N–H and O–H groups in total. The molecule has 1 aromatic heterocycles. The van der Waals surface area contributed by atoms with Crippen LogP contribution in [0.1, 0.15) is 35.2 Å². The van der Waals surface area contributed by atoms with Crippen LogP contribution in [0, 0.1) is 11.6 Å². The maximum Gasteiger partial charge on any atom is 0.344 e. The standard InChI is InChI=1S/C19H21ClF2N4O4S/c20-11-8-13(21)12(14(22)9-11)10-30-16-15(18(27)28)17(31-25-16)24-19(29)23-4-3-7-26-5-1-2-6-26/h8-9H,1-7,10H2,(H,27,28)(H2,23,24,29). The zero-order chi connectivity index (χ0) is 22.4. The number of aromatic carboxylic acids is 1. The Labute approximate surface area is 186 Å². The Hall–Kier alpha value is -2.50.